The average molecular weight is 272 g/mol. The van der Waals surface area contributed by atoms with Crippen molar-refractivity contribution in [2.75, 3.05) is 20.3 Å². The van der Waals surface area contributed by atoms with Gasteiger partial charge in [-0.25, -0.2) is 0 Å². The van der Waals surface area contributed by atoms with E-state index < -0.39 is 0 Å². The second-order valence-corrected chi connectivity index (χ2v) is 4.88. The Morgan fingerprint density at radius 2 is 2.17 bits per heavy atom. The van der Waals surface area contributed by atoms with Crippen LogP contribution in [0.25, 0.3) is 0 Å². The Morgan fingerprint density at radius 3 is 2.78 bits per heavy atom. The van der Waals surface area contributed by atoms with Crippen LogP contribution in [0, 0.1) is 0 Å². The van der Waals surface area contributed by atoms with Gasteiger partial charge in [0.05, 0.1) is 11.6 Å². The molecule has 0 fully saturated rings. The van der Waals surface area contributed by atoms with Crippen molar-refractivity contribution in [1.82, 2.24) is 4.90 Å². The highest BCUT2D eigenvalue weighted by molar-refractivity contribution is 6.32. The van der Waals surface area contributed by atoms with Gasteiger partial charge in [-0.15, -0.1) is 0 Å². The van der Waals surface area contributed by atoms with Gasteiger partial charge in [0.2, 0.25) is 0 Å². The molecule has 0 heterocycles. The third-order valence-electron chi connectivity index (χ3n) is 3.24. The van der Waals surface area contributed by atoms with E-state index in [1.807, 2.05) is 12.1 Å². The summed E-state index contributed by atoms with van der Waals surface area (Å²) in [7, 11) is 1.70. The van der Waals surface area contributed by atoms with Gasteiger partial charge in [0.1, 0.15) is 5.75 Å². The van der Waals surface area contributed by atoms with Gasteiger partial charge in [-0.3, -0.25) is 4.90 Å². The number of nitrogens with zero attached hydrogens (tertiary/aromatic N) is 1. The zero-order valence-corrected chi connectivity index (χ0v) is 12.1. The number of ether oxygens (including phenoxy) is 1. The highest BCUT2D eigenvalue weighted by atomic mass is 35.5. The van der Waals surface area contributed by atoms with Crippen LogP contribution in [0.4, 0.5) is 0 Å². The van der Waals surface area contributed by atoms with Gasteiger partial charge >= 0.3 is 0 Å². The number of methoxy groups -OCH3 is 1. The lowest BCUT2D eigenvalue weighted by Crippen LogP contribution is -2.34. The van der Waals surface area contributed by atoms with Gasteiger partial charge in [-0.05, 0) is 19.4 Å². The van der Waals surface area contributed by atoms with Crippen LogP contribution in [-0.2, 0) is 11.3 Å². The number of aromatic hydroxyl groups is 1. The SMILES string of the molecule is CCC(C)N(CCOC)Cc1cccc(Cl)c1O. The zero-order valence-electron chi connectivity index (χ0n) is 11.3. The first-order valence-corrected chi connectivity index (χ1v) is 6.67. The standard InChI is InChI=1S/C14H22ClNO2/c1-4-11(2)16(8-9-18-3)10-12-6-5-7-13(15)14(12)17/h5-7,11,17H,4,8-10H2,1-3H3. The number of hydrogen-bond acceptors (Lipinski definition) is 3. The molecule has 1 rings (SSSR count). The Bertz CT molecular complexity index is 371. The lowest BCUT2D eigenvalue weighted by atomic mass is 10.1. The van der Waals surface area contributed by atoms with Crippen molar-refractivity contribution in [2.24, 2.45) is 0 Å². The summed E-state index contributed by atoms with van der Waals surface area (Å²) >= 11 is 5.92. The van der Waals surface area contributed by atoms with E-state index >= 15 is 0 Å². The molecule has 0 saturated heterocycles. The summed E-state index contributed by atoms with van der Waals surface area (Å²) in [6.45, 7) is 6.55. The summed E-state index contributed by atoms with van der Waals surface area (Å²) in [5.41, 5.74) is 0.860. The summed E-state index contributed by atoms with van der Waals surface area (Å²) in [4.78, 5) is 2.29. The molecule has 0 spiro atoms. The van der Waals surface area contributed by atoms with E-state index in [1.165, 1.54) is 0 Å². The first kappa shape index (κ1) is 15.3. The van der Waals surface area contributed by atoms with Crippen LogP contribution in [0.3, 0.4) is 0 Å². The minimum Gasteiger partial charge on any atom is -0.506 e. The van der Waals surface area contributed by atoms with Crippen molar-refractivity contribution >= 4 is 11.6 Å². The average Bonchev–Trinajstić information content (AvgIpc) is 2.38. The quantitative estimate of drug-likeness (QED) is 0.826. The first-order chi connectivity index (χ1) is 8.60. The molecule has 1 N–H and O–H groups in total. The van der Waals surface area contributed by atoms with E-state index in [2.05, 4.69) is 18.7 Å². The molecule has 0 aromatic heterocycles. The van der Waals surface area contributed by atoms with Crippen LogP contribution in [0.15, 0.2) is 18.2 Å². The second-order valence-electron chi connectivity index (χ2n) is 4.47. The number of phenols is 1. The Balaban J connectivity index is 2.78. The molecule has 3 nitrogen and oxygen atoms in total. The smallest absolute Gasteiger partial charge is 0.138 e. The minimum atomic E-state index is 0.185. The van der Waals surface area contributed by atoms with E-state index in [0.717, 1.165) is 18.5 Å². The fourth-order valence-corrected chi connectivity index (χ4v) is 2.02. The van der Waals surface area contributed by atoms with Crippen LogP contribution in [-0.4, -0.2) is 36.3 Å². The molecular weight excluding hydrogens is 250 g/mol. The van der Waals surface area contributed by atoms with E-state index in [4.69, 9.17) is 16.3 Å². The van der Waals surface area contributed by atoms with Crippen molar-refractivity contribution in [3.8, 4) is 5.75 Å². The molecule has 4 heteroatoms. The molecule has 1 aromatic rings. The summed E-state index contributed by atoms with van der Waals surface area (Å²) in [6, 6.07) is 5.91. The third kappa shape index (κ3) is 4.16. The lowest BCUT2D eigenvalue weighted by Gasteiger charge is -2.28. The van der Waals surface area contributed by atoms with Crippen LogP contribution in [0.2, 0.25) is 5.02 Å². The summed E-state index contributed by atoms with van der Waals surface area (Å²) in [5, 5.41) is 10.3. The van der Waals surface area contributed by atoms with Gasteiger partial charge in [0.15, 0.2) is 0 Å². The van der Waals surface area contributed by atoms with E-state index in [0.29, 0.717) is 24.2 Å². The monoisotopic (exact) mass is 271 g/mol. The predicted octanol–water partition coefficient (Wildman–Crippen LogP) is 3.29. The topological polar surface area (TPSA) is 32.7 Å². The minimum absolute atomic E-state index is 0.185. The number of rotatable bonds is 7. The number of hydrogen-bond donors (Lipinski definition) is 1. The zero-order chi connectivity index (χ0) is 13.5. The lowest BCUT2D eigenvalue weighted by molar-refractivity contribution is 0.117. The third-order valence-corrected chi connectivity index (χ3v) is 3.55. The van der Waals surface area contributed by atoms with Crippen LogP contribution < -0.4 is 0 Å². The predicted molar refractivity (Wildman–Crippen MR) is 75.2 cm³/mol. The van der Waals surface area contributed by atoms with Crippen molar-refractivity contribution in [3.05, 3.63) is 28.8 Å². The number of halogens is 1. The molecule has 1 aromatic carbocycles. The second kappa shape index (κ2) is 7.62. The Morgan fingerprint density at radius 1 is 1.44 bits per heavy atom. The van der Waals surface area contributed by atoms with E-state index in [-0.39, 0.29) is 5.75 Å². The molecule has 0 bridgehead atoms. The maximum Gasteiger partial charge on any atom is 0.138 e. The fourth-order valence-electron chi connectivity index (χ4n) is 1.83. The molecule has 0 saturated carbocycles. The molecule has 0 radical (unpaired) electrons. The maximum atomic E-state index is 9.94. The highest BCUT2D eigenvalue weighted by Crippen LogP contribution is 2.28. The summed E-state index contributed by atoms with van der Waals surface area (Å²) in [6.07, 6.45) is 1.06. The summed E-state index contributed by atoms with van der Waals surface area (Å²) < 4.78 is 5.13. The van der Waals surface area contributed by atoms with Gasteiger partial charge in [0, 0.05) is 31.8 Å². The summed E-state index contributed by atoms with van der Waals surface area (Å²) in [5.74, 6) is 0.185. The molecule has 102 valence electrons. The molecule has 0 aliphatic rings. The molecule has 1 unspecified atom stereocenters. The van der Waals surface area contributed by atoms with Gasteiger partial charge in [0.25, 0.3) is 0 Å². The van der Waals surface area contributed by atoms with Crippen LogP contribution in [0.5, 0.6) is 5.75 Å². The molecule has 0 aliphatic heterocycles. The molecular formula is C14H22ClNO2. The molecule has 1 atom stereocenters. The number of benzene rings is 1. The number of phenolic OH excluding ortho intramolecular Hbond substituents is 1. The largest absolute Gasteiger partial charge is 0.506 e. The molecule has 0 aliphatic carbocycles. The van der Waals surface area contributed by atoms with Crippen molar-refractivity contribution in [2.45, 2.75) is 32.9 Å². The first-order valence-electron chi connectivity index (χ1n) is 6.29. The fraction of sp³-hybridized carbons (Fsp3) is 0.571. The highest BCUT2D eigenvalue weighted by Gasteiger charge is 2.15. The maximum absolute atomic E-state index is 9.94. The van der Waals surface area contributed by atoms with Crippen molar-refractivity contribution < 1.29 is 9.84 Å². The van der Waals surface area contributed by atoms with E-state index in [9.17, 15) is 5.11 Å². The van der Waals surface area contributed by atoms with Gasteiger partial charge < -0.3 is 9.84 Å². The van der Waals surface area contributed by atoms with Crippen molar-refractivity contribution in [1.29, 1.82) is 0 Å². The normalized spacial score (nSPS) is 12.9. The Kier molecular flexibility index (Phi) is 6.47. The van der Waals surface area contributed by atoms with Gasteiger partial charge in [-0.2, -0.15) is 0 Å². The van der Waals surface area contributed by atoms with Crippen molar-refractivity contribution in [3.63, 3.8) is 0 Å². The van der Waals surface area contributed by atoms with Gasteiger partial charge in [-0.1, -0.05) is 30.7 Å². The molecule has 18 heavy (non-hydrogen) atoms. The Labute approximate surface area is 114 Å². The van der Waals surface area contributed by atoms with E-state index in [1.54, 1.807) is 13.2 Å². The van der Waals surface area contributed by atoms with Crippen LogP contribution in [0.1, 0.15) is 25.8 Å². The Hall–Kier alpha value is -0.770. The van der Waals surface area contributed by atoms with Crippen LogP contribution >= 0.6 is 11.6 Å². The number of para-hydroxylation sites is 1. The molecule has 0 amide bonds.